The summed E-state index contributed by atoms with van der Waals surface area (Å²) < 4.78 is 16.6. The Hall–Kier alpha value is -4.59. The SMILES string of the molecule is CCOc1ccc(C2NC(=O)N(c3ccccc3)C(C)=C2c2nc(-c3ccc(OC)cc3)no2)cc1. The molecule has 2 heterocycles. The highest BCUT2D eigenvalue weighted by Gasteiger charge is 2.36. The summed E-state index contributed by atoms with van der Waals surface area (Å²) in [5.74, 6) is 2.28. The number of para-hydroxylation sites is 1. The molecule has 1 atom stereocenters. The molecule has 1 aliphatic heterocycles. The standard InChI is InChI=1S/C28H26N4O4/c1-4-35-23-16-10-19(11-17-23)25-24(18(2)32(28(33)29-25)21-8-6-5-7-9-21)27-30-26(31-36-27)20-12-14-22(34-3)15-13-20/h5-17,25H,4H2,1-3H3,(H,29,33). The van der Waals surface area contributed by atoms with Gasteiger partial charge < -0.3 is 19.3 Å². The first-order valence-electron chi connectivity index (χ1n) is 11.7. The number of carbonyl (C=O) groups excluding carboxylic acids is 1. The summed E-state index contributed by atoms with van der Waals surface area (Å²) in [5.41, 5.74) is 3.83. The van der Waals surface area contributed by atoms with Gasteiger partial charge in [-0.1, -0.05) is 35.5 Å². The number of anilines is 1. The predicted octanol–water partition coefficient (Wildman–Crippen LogP) is 5.85. The van der Waals surface area contributed by atoms with E-state index in [0.717, 1.165) is 33.9 Å². The zero-order valence-corrected chi connectivity index (χ0v) is 20.3. The Morgan fingerprint density at radius 1 is 0.972 bits per heavy atom. The first kappa shape index (κ1) is 23.2. The van der Waals surface area contributed by atoms with E-state index in [9.17, 15) is 4.79 Å². The molecule has 0 bridgehead atoms. The van der Waals surface area contributed by atoms with E-state index in [2.05, 4.69) is 10.5 Å². The fourth-order valence-corrected chi connectivity index (χ4v) is 4.27. The molecule has 1 unspecified atom stereocenters. The number of urea groups is 1. The number of benzene rings is 3. The van der Waals surface area contributed by atoms with Crippen molar-refractivity contribution >= 4 is 17.3 Å². The number of methoxy groups -OCH3 is 1. The van der Waals surface area contributed by atoms with Crippen molar-refractivity contribution in [3.8, 4) is 22.9 Å². The molecule has 4 aromatic rings. The highest BCUT2D eigenvalue weighted by molar-refractivity contribution is 6.01. The second-order valence-electron chi connectivity index (χ2n) is 8.21. The second kappa shape index (κ2) is 9.95. The van der Waals surface area contributed by atoms with E-state index in [-0.39, 0.29) is 6.03 Å². The molecule has 182 valence electrons. The summed E-state index contributed by atoms with van der Waals surface area (Å²) in [7, 11) is 1.62. The van der Waals surface area contributed by atoms with Gasteiger partial charge in [0.1, 0.15) is 11.5 Å². The largest absolute Gasteiger partial charge is 0.497 e. The Bertz CT molecular complexity index is 1380. The molecule has 2 amide bonds. The van der Waals surface area contributed by atoms with Crippen LogP contribution < -0.4 is 19.7 Å². The van der Waals surface area contributed by atoms with Gasteiger partial charge >= 0.3 is 6.03 Å². The third kappa shape index (κ3) is 4.40. The van der Waals surface area contributed by atoms with Crippen LogP contribution in [0.15, 0.2) is 89.1 Å². The fraction of sp³-hybridized carbons (Fsp3) is 0.179. The van der Waals surface area contributed by atoms with Crippen molar-refractivity contribution in [2.24, 2.45) is 0 Å². The molecule has 36 heavy (non-hydrogen) atoms. The molecule has 5 rings (SSSR count). The monoisotopic (exact) mass is 482 g/mol. The van der Waals surface area contributed by atoms with Gasteiger partial charge in [-0.05, 0) is 67.9 Å². The van der Waals surface area contributed by atoms with Crippen molar-refractivity contribution in [1.29, 1.82) is 0 Å². The maximum atomic E-state index is 13.3. The average molecular weight is 483 g/mol. The third-order valence-electron chi connectivity index (χ3n) is 6.03. The van der Waals surface area contributed by atoms with Crippen LogP contribution in [0.25, 0.3) is 17.0 Å². The lowest BCUT2D eigenvalue weighted by molar-refractivity contribution is 0.244. The van der Waals surface area contributed by atoms with Gasteiger partial charge in [-0.3, -0.25) is 4.90 Å². The van der Waals surface area contributed by atoms with Gasteiger partial charge in [-0.25, -0.2) is 4.79 Å². The molecule has 8 heteroatoms. The van der Waals surface area contributed by atoms with Crippen LogP contribution >= 0.6 is 0 Å². The smallest absolute Gasteiger partial charge is 0.326 e. The number of hydrogen-bond donors (Lipinski definition) is 1. The summed E-state index contributed by atoms with van der Waals surface area (Å²) in [6.45, 7) is 4.40. The van der Waals surface area contributed by atoms with E-state index in [1.165, 1.54) is 0 Å². The highest BCUT2D eigenvalue weighted by Crippen LogP contribution is 2.39. The van der Waals surface area contributed by atoms with Gasteiger partial charge in [-0.2, -0.15) is 4.98 Å². The highest BCUT2D eigenvalue weighted by atomic mass is 16.5. The second-order valence-corrected chi connectivity index (χ2v) is 8.21. The van der Waals surface area contributed by atoms with Crippen LogP contribution in [-0.2, 0) is 0 Å². The lowest BCUT2D eigenvalue weighted by Gasteiger charge is -2.35. The normalized spacial score (nSPS) is 15.6. The van der Waals surface area contributed by atoms with Gasteiger partial charge in [-0.15, -0.1) is 0 Å². The van der Waals surface area contributed by atoms with E-state index < -0.39 is 6.04 Å². The summed E-state index contributed by atoms with van der Waals surface area (Å²) in [6.07, 6.45) is 0. The Kier molecular flexibility index (Phi) is 6.40. The summed E-state index contributed by atoms with van der Waals surface area (Å²) in [5, 5.41) is 7.34. The number of allylic oxidation sites excluding steroid dienone is 1. The van der Waals surface area contributed by atoms with Crippen molar-refractivity contribution in [2.75, 3.05) is 18.6 Å². The molecule has 0 aliphatic carbocycles. The maximum absolute atomic E-state index is 13.3. The van der Waals surface area contributed by atoms with E-state index in [0.29, 0.717) is 24.0 Å². The minimum atomic E-state index is -0.489. The van der Waals surface area contributed by atoms with E-state index >= 15 is 0 Å². The summed E-state index contributed by atoms with van der Waals surface area (Å²) in [4.78, 5) is 19.6. The molecule has 8 nitrogen and oxygen atoms in total. The topological polar surface area (TPSA) is 89.7 Å². The molecular formula is C28H26N4O4. The van der Waals surface area contributed by atoms with E-state index in [4.69, 9.17) is 19.0 Å². The molecule has 1 N–H and O–H groups in total. The number of nitrogens with one attached hydrogen (secondary N) is 1. The third-order valence-corrected chi connectivity index (χ3v) is 6.03. The zero-order chi connectivity index (χ0) is 25.1. The Labute approximate surface area is 209 Å². The molecule has 0 saturated heterocycles. The van der Waals surface area contributed by atoms with Gasteiger partial charge in [0.25, 0.3) is 5.89 Å². The Morgan fingerprint density at radius 2 is 1.67 bits per heavy atom. The van der Waals surface area contributed by atoms with Crippen LogP contribution in [0.3, 0.4) is 0 Å². The van der Waals surface area contributed by atoms with Gasteiger partial charge in [0.15, 0.2) is 0 Å². The molecule has 0 fully saturated rings. The lowest BCUT2D eigenvalue weighted by atomic mass is 9.94. The van der Waals surface area contributed by atoms with Crippen LogP contribution in [0.1, 0.15) is 31.3 Å². The number of ether oxygens (including phenoxy) is 2. The summed E-state index contributed by atoms with van der Waals surface area (Å²) in [6, 6.07) is 23.8. The number of amides is 2. The number of aromatic nitrogens is 2. The fourth-order valence-electron chi connectivity index (χ4n) is 4.27. The van der Waals surface area contributed by atoms with Crippen molar-refractivity contribution in [1.82, 2.24) is 15.5 Å². The van der Waals surface area contributed by atoms with Crippen LogP contribution in [0, 0.1) is 0 Å². The molecule has 0 radical (unpaired) electrons. The molecule has 0 spiro atoms. The summed E-state index contributed by atoms with van der Waals surface area (Å²) >= 11 is 0. The first-order valence-corrected chi connectivity index (χ1v) is 11.7. The van der Waals surface area contributed by atoms with Crippen LogP contribution in [0.5, 0.6) is 11.5 Å². The minimum absolute atomic E-state index is 0.240. The van der Waals surface area contributed by atoms with Crippen molar-refractivity contribution in [2.45, 2.75) is 19.9 Å². The Balaban J connectivity index is 1.60. The zero-order valence-electron chi connectivity index (χ0n) is 20.3. The van der Waals surface area contributed by atoms with E-state index in [1.807, 2.05) is 92.7 Å². The molecule has 3 aromatic carbocycles. The van der Waals surface area contributed by atoms with Gasteiger partial charge in [0, 0.05) is 11.3 Å². The molecule has 1 aliphatic rings. The molecular weight excluding hydrogens is 456 g/mol. The minimum Gasteiger partial charge on any atom is -0.497 e. The van der Waals surface area contributed by atoms with Gasteiger partial charge in [0.2, 0.25) is 5.82 Å². The number of hydrogen-bond acceptors (Lipinski definition) is 6. The quantitative estimate of drug-likeness (QED) is 0.356. The van der Waals surface area contributed by atoms with Crippen molar-refractivity contribution in [3.05, 3.63) is 96.0 Å². The molecule has 1 aromatic heterocycles. The average Bonchev–Trinajstić information content (AvgIpc) is 3.39. The Morgan fingerprint density at radius 3 is 2.33 bits per heavy atom. The molecule has 0 saturated carbocycles. The van der Waals surface area contributed by atoms with E-state index in [1.54, 1.807) is 12.0 Å². The maximum Gasteiger partial charge on any atom is 0.326 e. The number of carbonyl (C=O) groups is 1. The number of nitrogens with zero attached hydrogens (tertiary/aromatic N) is 3. The lowest BCUT2D eigenvalue weighted by Crippen LogP contribution is -2.46. The van der Waals surface area contributed by atoms with Crippen molar-refractivity contribution in [3.63, 3.8) is 0 Å². The van der Waals surface area contributed by atoms with Crippen LogP contribution in [-0.4, -0.2) is 29.9 Å². The first-order chi connectivity index (χ1) is 17.6. The van der Waals surface area contributed by atoms with Crippen molar-refractivity contribution < 1.29 is 18.8 Å². The van der Waals surface area contributed by atoms with Crippen LogP contribution in [0.2, 0.25) is 0 Å². The predicted molar refractivity (Wildman–Crippen MR) is 137 cm³/mol. The number of rotatable bonds is 7. The van der Waals surface area contributed by atoms with Gasteiger partial charge in [0.05, 0.1) is 31.0 Å². The van der Waals surface area contributed by atoms with Crippen LogP contribution in [0.4, 0.5) is 10.5 Å².